The van der Waals surface area contributed by atoms with Crippen molar-refractivity contribution in [3.05, 3.63) is 36.5 Å². The monoisotopic (exact) mass is 965 g/mol. The van der Waals surface area contributed by atoms with Gasteiger partial charge < -0.3 is 28.8 Å². The van der Waals surface area contributed by atoms with Gasteiger partial charge in [-0.3, -0.25) is 9.36 Å². The second-order valence-electron chi connectivity index (χ2n) is 21.0. The number of aliphatic hydroxyl groups is 1. The maximum Gasteiger partial charge on any atom is 0.268 e. The fraction of sp³-hybridized carbons (Fsp3) is 0.879. The molecule has 0 heterocycles. The van der Waals surface area contributed by atoms with E-state index in [9.17, 15) is 19.4 Å². The van der Waals surface area contributed by atoms with Crippen molar-refractivity contribution in [2.75, 3.05) is 40.9 Å². The van der Waals surface area contributed by atoms with Crippen LogP contribution >= 0.6 is 7.82 Å². The van der Waals surface area contributed by atoms with Crippen molar-refractivity contribution in [2.24, 2.45) is 0 Å². The highest BCUT2D eigenvalue weighted by atomic mass is 31.2. The molecule has 0 rings (SSSR count). The third-order valence-electron chi connectivity index (χ3n) is 13.1. The molecule has 2 N–H and O–H groups in total. The molecule has 3 unspecified atom stereocenters. The van der Waals surface area contributed by atoms with Gasteiger partial charge in [0.25, 0.3) is 7.82 Å². The molecule has 0 spiro atoms. The summed E-state index contributed by atoms with van der Waals surface area (Å²) in [4.78, 5) is 25.5. The lowest BCUT2D eigenvalue weighted by Gasteiger charge is -2.30. The van der Waals surface area contributed by atoms with Crippen LogP contribution in [-0.2, 0) is 18.4 Å². The summed E-state index contributed by atoms with van der Waals surface area (Å²) in [6.45, 7) is 4.74. The number of likely N-dealkylation sites (N-methyl/N-ethyl adjacent to an activating group) is 1. The summed E-state index contributed by atoms with van der Waals surface area (Å²) in [5.74, 6) is -0.164. The highest BCUT2D eigenvalue weighted by molar-refractivity contribution is 7.45. The van der Waals surface area contributed by atoms with Crippen LogP contribution in [0.2, 0.25) is 0 Å². The third kappa shape index (κ3) is 52.4. The lowest BCUT2D eigenvalue weighted by atomic mass is 10.0. The van der Waals surface area contributed by atoms with E-state index in [1.165, 1.54) is 199 Å². The Labute approximate surface area is 417 Å². The number of carbonyl (C=O) groups is 1. The highest BCUT2D eigenvalue weighted by Gasteiger charge is 2.24. The molecule has 0 aromatic carbocycles. The number of hydrogen-bond acceptors (Lipinski definition) is 6. The van der Waals surface area contributed by atoms with Crippen LogP contribution in [0.1, 0.15) is 277 Å². The smallest absolute Gasteiger partial charge is 0.268 e. The number of quaternary nitrogens is 1. The standard InChI is InChI=1S/C58H113N2O6P/c1-6-8-10-12-14-16-18-20-22-24-26-27-28-29-30-31-32-33-34-36-38-40-42-44-46-48-50-52-58(62)59-56(55-66-67(63,64)65-54-53-60(3,4)5)57(61)51-49-47-45-43-41-39-37-35-25-23-21-19-17-15-13-11-9-7-2/h18,20,24,26,28-29,56-57,61H,6-17,19,21-23,25,27,30-55H2,1-5H3,(H-,59,62,63,64)/b20-18-,26-24-,29-28-. The van der Waals surface area contributed by atoms with Gasteiger partial charge in [0.2, 0.25) is 5.91 Å². The molecule has 396 valence electrons. The molecule has 0 aromatic rings. The first-order valence-electron chi connectivity index (χ1n) is 28.8. The molecule has 9 heteroatoms. The SMILES string of the molecule is CCCCCCC/C=C\C/C=C\C/C=C\CCCCCCCCCCCCCCC(=O)NC(COP(=O)([O-])OCC[N+](C)(C)C)C(O)CCCCCCCCCCCCCCCCCCCC. The molecule has 0 aliphatic heterocycles. The zero-order valence-corrected chi connectivity index (χ0v) is 46.0. The Morgan fingerprint density at radius 1 is 0.522 bits per heavy atom. The van der Waals surface area contributed by atoms with E-state index in [4.69, 9.17) is 9.05 Å². The maximum absolute atomic E-state index is 13.0. The molecule has 0 radical (unpaired) electrons. The summed E-state index contributed by atoms with van der Waals surface area (Å²) < 4.78 is 23.4. The van der Waals surface area contributed by atoms with E-state index < -0.39 is 20.0 Å². The second-order valence-corrected chi connectivity index (χ2v) is 22.4. The van der Waals surface area contributed by atoms with E-state index in [1.807, 2.05) is 21.1 Å². The fourth-order valence-corrected chi connectivity index (χ4v) is 9.30. The summed E-state index contributed by atoms with van der Waals surface area (Å²) in [6, 6.07) is -0.802. The normalized spacial score (nSPS) is 14.2. The van der Waals surface area contributed by atoms with Crippen molar-refractivity contribution < 1.29 is 32.9 Å². The van der Waals surface area contributed by atoms with E-state index >= 15 is 0 Å². The first kappa shape index (κ1) is 65.7. The topological polar surface area (TPSA) is 108 Å². The Morgan fingerprint density at radius 2 is 0.866 bits per heavy atom. The van der Waals surface area contributed by atoms with Gasteiger partial charge >= 0.3 is 0 Å². The second kappa shape index (κ2) is 49.7. The number of carbonyl (C=O) groups excluding carboxylic acids is 1. The van der Waals surface area contributed by atoms with Crippen LogP contribution in [0.15, 0.2) is 36.5 Å². The number of hydrogen-bond donors (Lipinski definition) is 2. The summed E-state index contributed by atoms with van der Waals surface area (Å²) in [7, 11) is 1.31. The number of nitrogens with zero attached hydrogens (tertiary/aromatic N) is 1. The summed E-state index contributed by atoms with van der Waals surface area (Å²) >= 11 is 0. The first-order chi connectivity index (χ1) is 32.5. The Morgan fingerprint density at radius 3 is 1.25 bits per heavy atom. The van der Waals surface area contributed by atoms with Crippen molar-refractivity contribution >= 4 is 13.7 Å². The molecule has 0 aliphatic rings. The van der Waals surface area contributed by atoms with Crippen LogP contribution < -0.4 is 10.2 Å². The van der Waals surface area contributed by atoms with Crippen molar-refractivity contribution in [1.82, 2.24) is 5.32 Å². The average Bonchev–Trinajstić information content (AvgIpc) is 3.29. The van der Waals surface area contributed by atoms with Gasteiger partial charge in [0.1, 0.15) is 13.2 Å². The maximum atomic E-state index is 13.0. The molecular formula is C58H113N2O6P. The first-order valence-corrected chi connectivity index (χ1v) is 30.3. The molecule has 0 aromatic heterocycles. The van der Waals surface area contributed by atoms with Crippen LogP contribution in [0, 0.1) is 0 Å². The van der Waals surface area contributed by atoms with Gasteiger partial charge in [-0.25, -0.2) is 0 Å². The number of rotatable bonds is 53. The van der Waals surface area contributed by atoms with Gasteiger partial charge in [-0.2, -0.15) is 0 Å². The molecule has 3 atom stereocenters. The number of aliphatic hydroxyl groups excluding tert-OH is 1. The summed E-state index contributed by atoms with van der Waals surface area (Å²) in [5.41, 5.74) is 0. The van der Waals surface area contributed by atoms with Gasteiger partial charge in [0, 0.05) is 6.42 Å². The van der Waals surface area contributed by atoms with E-state index in [0.717, 1.165) is 51.4 Å². The molecule has 0 saturated heterocycles. The lowest BCUT2D eigenvalue weighted by Crippen LogP contribution is -2.46. The number of nitrogens with one attached hydrogen (secondary N) is 1. The Bertz CT molecular complexity index is 1190. The number of unbranched alkanes of at least 4 members (excludes halogenated alkanes) is 34. The zero-order valence-electron chi connectivity index (χ0n) is 45.1. The van der Waals surface area contributed by atoms with Crippen LogP contribution in [0.4, 0.5) is 0 Å². The van der Waals surface area contributed by atoms with Gasteiger partial charge in [-0.15, -0.1) is 0 Å². The molecule has 0 bridgehead atoms. The minimum Gasteiger partial charge on any atom is -0.756 e. The fourth-order valence-electron chi connectivity index (χ4n) is 8.58. The van der Waals surface area contributed by atoms with Gasteiger partial charge in [0.05, 0.1) is 39.9 Å². The van der Waals surface area contributed by atoms with Crippen molar-refractivity contribution in [1.29, 1.82) is 0 Å². The van der Waals surface area contributed by atoms with Crippen LogP contribution in [-0.4, -0.2) is 68.5 Å². The van der Waals surface area contributed by atoms with E-state index in [2.05, 4.69) is 55.6 Å². The largest absolute Gasteiger partial charge is 0.756 e. The van der Waals surface area contributed by atoms with E-state index in [1.54, 1.807) is 0 Å². The Balaban J connectivity index is 4.15. The number of amides is 1. The van der Waals surface area contributed by atoms with Gasteiger partial charge in [0.15, 0.2) is 0 Å². The van der Waals surface area contributed by atoms with Crippen molar-refractivity contribution in [2.45, 2.75) is 289 Å². The zero-order chi connectivity index (χ0) is 49.2. The number of allylic oxidation sites excluding steroid dienone is 6. The third-order valence-corrected chi connectivity index (χ3v) is 14.1. The summed E-state index contributed by atoms with van der Waals surface area (Å²) in [6.07, 6.45) is 63.1. The summed E-state index contributed by atoms with van der Waals surface area (Å²) in [5, 5.41) is 14.0. The molecule has 0 saturated carbocycles. The number of phosphoric ester groups is 1. The minimum atomic E-state index is -4.57. The van der Waals surface area contributed by atoms with Crippen molar-refractivity contribution in [3.63, 3.8) is 0 Å². The molecule has 67 heavy (non-hydrogen) atoms. The van der Waals surface area contributed by atoms with E-state index in [0.29, 0.717) is 23.9 Å². The Hall–Kier alpha value is -1.28. The van der Waals surface area contributed by atoms with Crippen LogP contribution in [0.5, 0.6) is 0 Å². The average molecular weight is 966 g/mol. The van der Waals surface area contributed by atoms with Gasteiger partial charge in [-0.1, -0.05) is 256 Å². The minimum absolute atomic E-state index is 0.0123. The number of phosphoric acid groups is 1. The lowest BCUT2D eigenvalue weighted by molar-refractivity contribution is -0.870. The van der Waals surface area contributed by atoms with Gasteiger partial charge in [-0.05, 0) is 51.4 Å². The molecule has 0 fully saturated rings. The molecule has 8 nitrogen and oxygen atoms in total. The molecule has 0 aliphatic carbocycles. The van der Waals surface area contributed by atoms with Crippen LogP contribution in [0.3, 0.4) is 0 Å². The molecular weight excluding hydrogens is 852 g/mol. The van der Waals surface area contributed by atoms with Crippen LogP contribution in [0.25, 0.3) is 0 Å². The Kier molecular flexibility index (Phi) is 48.7. The quantitative estimate of drug-likeness (QED) is 0.0272. The highest BCUT2D eigenvalue weighted by Crippen LogP contribution is 2.38. The predicted octanol–water partition coefficient (Wildman–Crippen LogP) is 16.7. The van der Waals surface area contributed by atoms with E-state index in [-0.39, 0.29) is 19.1 Å². The van der Waals surface area contributed by atoms with Crippen molar-refractivity contribution in [3.8, 4) is 0 Å². The molecule has 1 amide bonds. The predicted molar refractivity (Wildman–Crippen MR) is 288 cm³/mol.